The maximum absolute atomic E-state index is 13.1. The first-order valence-corrected chi connectivity index (χ1v) is 8.76. The number of halogens is 1. The van der Waals surface area contributed by atoms with E-state index in [4.69, 9.17) is 4.74 Å². The molecule has 0 spiro atoms. The number of carbonyl (C=O) groups excluding carboxylic acids is 2. The number of benzene rings is 3. The molecule has 0 radical (unpaired) electrons. The van der Waals surface area contributed by atoms with Gasteiger partial charge in [-0.15, -0.1) is 0 Å². The van der Waals surface area contributed by atoms with E-state index in [0.717, 1.165) is 16.3 Å². The number of nitrogens with zero attached hydrogens (tertiary/aromatic N) is 1. The molecule has 27 heavy (non-hydrogen) atoms. The number of fused-ring (bicyclic) bond motifs is 1. The molecule has 3 aromatic carbocycles. The van der Waals surface area contributed by atoms with Crippen molar-refractivity contribution in [1.82, 2.24) is 0 Å². The van der Waals surface area contributed by atoms with E-state index in [0.29, 0.717) is 12.2 Å². The van der Waals surface area contributed by atoms with Gasteiger partial charge in [-0.05, 0) is 47.5 Å². The highest BCUT2D eigenvalue weighted by molar-refractivity contribution is 5.95. The van der Waals surface area contributed by atoms with Gasteiger partial charge < -0.3 is 9.64 Å². The fraction of sp³-hybridized carbons (Fsp3) is 0.182. The number of esters is 1. The van der Waals surface area contributed by atoms with E-state index in [-0.39, 0.29) is 24.8 Å². The second-order valence-corrected chi connectivity index (χ2v) is 6.09. The van der Waals surface area contributed by atoms with Crippen LogP contribution in [0.1, 0.15) is 12.5 Å². The summed E-state index contributed by atoms with van der Waals surface area (Å²) < 4.78 is 18.2. The molecule has 0 bridgehead atoms. The fourth-order valence-electron chi connectivity index (χ4n) is 3.00. The van der Waals surface area contributed by atoms with Crippen LogP contribution in [-0.2, 0) is 20.7 Å². The fourth-order valence-corrected chi connectivity index (χ4v) is 3.00. The van der Waals surface area contributed by atoms with E-state index in [2.05, 4.69) is 0 Å². The number of ether oxygens (including phenoxy) is 1. The van der Waals surface area contributed by atoms with E-state index in [1.54, 1.807) is 6.92 Å². The van der Waals surface area contributed by atoms with Crippen molar-refractivity contribution in [2.45, 2.75) is 13.3 Å². The van der Waals surface area contributed by atoms with Crippen molar-refractivity contribution in [1.29, 1.82) is 0 Å². The van der Waals surface area contributed by atoms with E-state index < -0.39 is 5.97 Å². The Kier molecular flexibility index (Phi) is 5.81. The van der Waals surface area contributed by atoms with Crippen molar-refractivity contribution in [3.05, 3.63) is 78.1 Å². The molecule has 0 heterocycles. The van der Waals surface area contributed by atoms with Crippen LogP contribution in [0.2, 0.25) is 0 Å². The third-order valence-corrected chi connectivity index (χ3v) is 4.33. The average molecular weight is 365 g/mol. The lowest BCUT2D eigenvalue weighted by molar-refractivity contribution is -0.147. The summed E-state index contributed by atoms with van der Waals surface area (Å²) in [5, 5.41) is 2.04. The molecule has 1 amide bonds. The Bertz CT molecular complexity index is 948. The first-order chi connectivity index (χ1) is 13.1. The molecule has 0 aliphatic rings. The molecule has 0 saturated carbocycles. The van der Waals surface area contributed by atoms with E-state index in [1.807, 2.05) is 42.5 Å². The number of hydrogen-bond acceptors (Lipinski definition) is 3. The molecule has 0 unspecified atom stereocenters. The normalized spacial score (nSPS) is 10.6. The third-order valence-electron chi connectivity index (χ3n) is 4.33. The highest BCUT2D eigenvalue weighted by atomic mass is 19.1. The van der Waals surface area contributed by atoms with Crippen LogP contribution in [0.5, 0.6) is 0 Å². The summed E-state index contributed by atoms with van der Waals surface area (Å²) in [6.07, 6.45) is 0.0946. The quantitative estimate of drug-likeness (QED) is 0.618. The van der Waals surface area contributed by atoms with Crippen LogP contribution in [0.15, 0.2) is 66.7 Å². The Morgan fingerprint density at radius 3 is 2.41 bits per heavy atom. The van der Waals surface area contributed by atoms with Crippen molar-refractivity contribution >= 4 is 28.3 Å². The van der Waals surface area contributed by atoms with Crippen LogP contribution in [-0.4, -0.2) is 25.0 Å². The summed E-state index contributed by atoms with van der Waals surface area (Å²) in [4.78, 5) is 26.0. The molecule has 0 aliphatic carbocycles. The van der Waals surface area contributed by atoms with Crippen molar-refractivity contribution in [2.75, 3.05) is 18.1 Å². The first kappa shape index (κ1) is 18.6. The highest BCUT2D eigenvalue weighted by Gasteiger charge is 2.17. The van der Waals surface area contributed by atoms with Gasteiger partial charge in [0.1, 0.15) is 5.82 Å². The SMILES string of the molecule is CCN(C(=O)COC(=O)Cc1cccc2ccccc12)c1ccc(F)cc1. The van der Waals surface area contributed by atoms with Crippen LogP contribution in [0, 0.1) is 5.82 Å². The molecule has 0 atom stereocenters. The van der Waals surface area contributed by atoms with Crippen LogP contribution in [0.25, 0.3) is 10.8 Å². The Balaban J connectivity index is 1.62. The monoisotopic (exact) mass is 365 g/mol. The minimum atomic E-state index is -0.463. The maximum Gasteiger partial charge on any atom is 0.310 e. The van der Waals surface area contributed by atoms with Gasteiger partial charge in [0.2, 0.25) is 0 Å². The molecule has 0 aliphatic heterocycles. The summed E-state index contributed by atoms with van der Waals surface area (Å²) in [6, 6.07) is 19.2. The molecular weight excluding hydrogens is 345 g/mol. The van der Waals surface area contributed by atoms with Crippen molar-refractivity contribution in [3.63, 3.8) is 0 Å². The number of anilines is 1. The molecule has 4 nitrogen and oxygen atoms in total. The zero-order chi connectivity index (χ0) is 19.2. The largest absolute Gasteiger partial charge is 0.455 e. The smallest absolute Gasteiger partial charge is 0.310 e. The summed E-state index contributed by atoms with van der Waals surface area (Å²) in [7, 11) is 0. The van der Waals surface area contributed by atoms with Gasteiger partial charge in [-0.25, -0.2) is 4.39 Å². The molecule has 0 fully saturated rings. The topological polar surface area (TPSA) is 46.6 Å². The van der Waals surface area contributed by atoms with Crippen molar-refractivity contribution in [2.24, 2.45) is 0 Å². The van der Waals surface area contributed by atoms with Gasteiger partial charge in [0.25, 0.3) is 5.91 Å². The predicted octanol–water partition coefficient (Wildman–Crippen LogP) is 4.12. The molecule has 5 heteroatoms. The average Bonchev–Trinajstić information content (AvgIpc) is 2.69. The number of amides is 1. The minimum Gasteiger partial charge on any atom is -0.455 e. The second kappa shape index (κ2) is 8.45. The Morgan fingerprint density at radius 1 is 0.963 bits per heavy atom. The van der Waals surface area contributed by atoms with Gasteiger partial charge in [0.15, 0.2) is 6.61 Å². The second-order valence-electron chi connectivity index (χ2n) is 6.09. The zero-order valence-corrected chi connectivity index (χ0v) is 15.0. The van der Waals surface area contributed by atoms with Gasteiger partial charge in [-0.2, -0.15) is 0 Å². The minimum absolute atomic E-state index is 0.0946. The summed E-state index contributed by atoms with van der Waals surface area (Å²) >= 11 is 0. The third kappa shape index (κ3) is 4.50. The van der Waals surface area contributed by atoms with Crippen molar-refractivity contribution < 1.29 is 18.7 Å². The lowest BCUT2D eigenvalue weighted by atomic mass is 10.0. The van der Waals surface area contributed by atoms with Gasteiger partial charge in [-0.3, -0.25) is 9.59 Å². The zero-order valence-electron chi connectivity index (χ0n) is 15.0. The standard InChI is InChI=1S/C22H20FNO3/c1-2-24(19-12-10-18(23)11-13-19)21(25)15-27-22(26)14-17-8-5-7-16-6-3-4-9-20(16)17/h3-13H,2,14-15H2,1H3. The Morgan fingerprint density at radius 2 is 1.67 bits per heavy atom. The number of likely N-dealkylation sites (N-methyl/N-ethyl adjacent to an activating group) is 1. The van der Waals surface area contributed by atoms with Gasteiger partial charge in [-0.1, -0.05) is 42.5 Å². The molecular formula is C22H20FNO3. The lowest BCUT2D eigenvalue weighted by Crippen LogP contribution is -2.34. The number of hydrogen-bond donors (Lipinski definition) is 0. The lowest BCUT2D eigenvalue weighted by Gasteiger charge is -2.20. The Hall–Kier alpha value is -3.21. The van der Waals surface area contributed by atoms with Crippen LogP contribution >= 0.6 is 0 Å². The molecule has 3 rings (SSSR count). The molecule has 3 aromatic rings. The van der Waals surface area contributed by atoms with Crippen molar-refractivity contribution in [3.8, 4) is 0 Å². The molecule has 0 saturated heterocycles. The van der Waals surface area contributed by atoms with E-state index in [9.17, 15) is 14.0 Å². The van der Waals surface area contributed by atoms with Crippen LogP contribution in [0.3, 0.4) is 0 Å². The molecule has 138 valence electrons. The maximum atomic E-state index is 13.1. The molecule has 0 aromatic heterocycles. The summed E-state index contributed by atoms with van der Waals surface area (Å²) in [6.45, 7) is 1.85. The first-order valence-electron chi connectivity index (χ1n) is 8.76. The summed E-state index contributed by atoms with van der Waals surface area (Å²) in [5.74, 6) is -1.19. The van der Waals surface area contributed by atoms with Crippen LogP contribution < -0.4 is 4.90 Å². The number of carbonyl (C=O) groups is 2. The Labute approximate surface area is 157 Å². The molecule has 0 N–H and O–H groups in total. The predicted molar refractivity (Wildman–Crippen MR) is 103 cm³/mol. The van der Waals surface area contributed by atoms with Crippen LogP contribution in [0.4, 0.5) is 10.1 Å². The summed E-state index contributed by atoms with van der Waals surface area (Å²) in [5.41, 5.74) is 1.42. The van der Waals surface area contributed by atoms with E-state index >= 15 is 0 Å². The van der Waals surface area contributed by atoms with Gasteiger partial charge >= 0.3 is 5.97 Å². The van der Waals surface area contributed by atoms with E-state index in [1.165, 1.54) is 29.2 Å². The highest BCUT2D eigenvalue weighted by Crippen LogP contribution is 2.19. The van der Waals surface area contributed by atoms with Gasteiger partial charge in [0, 0.05) is 12.2 Å². The number of rotatable bonds is 6. The van der Waals surface area contributed by atoms with Gasteiger partial charge in [0.05, 0.1) is 6.42 Å².